The van der Waals surface area contributed by atoms with Gasteiger partial charge in [0.25, 0.3) is 0 Å². The zero-order valence-corrected chi connectivity index (χ0v) is 9.06. The molecule has 0 aromatic heterocycles. The molecule has 0 nitrogen and oxygen atoms in total. The van der Waals surface area contributed by atoms with Crippen LogP contribution >= 0.6 is 15.9 Å². The van der Waals surface area contributed by atoms with Crippen LogP contribution < -0.4 is 0 Å². The third kappa shape index (κ3) is 1.78. The maximum Gasteiger partial charge on any atom is 0.0242 e. The Labute approximate surface area is 82.4 Å². The number of rotatable bonds is 2. The highest BCUT2D eigenvalue weighted by Gasteiger charge is 2.06. The molecule has 1 aromatic rings. The van der Waals surface area contributed by atoms with E-state index in [1.165, 1.54) is 15.6 Å². The summed E-state index contributed by atoms with van der Waals surface area (Å²) in [7, 11) is 0. The zero-order chi connectivity index (χ0) is 9.14. The average Bonchev–Trinajstić information content (AvgIpc) is 2.08. The minimum atomic E-state index is 0.416. The van der Waals surface area contributed by atoms with E-state index in [0.29, 0.717) is 5.92 Å². The lowest BCUT2D eigenvalue weighted by molar-refractivity contribution is 0.959. The smallest absolute Gasteiger partial charge is 0.0242 e. The lowest BCUT2D eigenvalue weighted by Gasteiger charge is -2.10. The zero-order valence-electron chi connectivity index (χ0n) is 7.47. The van der Waals surface area contributed by atoms with Gasteiger partial charge in [0.2, 0.25) is 0 Å². The Morgan fingerprint density at radius 1 is 1.50 bits per heavy atom. The van der Waals surface area contributed by atoms with E-state index < -0.39 is 0 Å². The molecule has 0 saturated carbocycles. The van der Waals surface area contributed by atoms with E-state index >= 15 is 0 Å². The van der Waals surface area contributed by atoms with Crippen LogP contribution in [0.4, 0.5) is 0 Å². The molecular weight excluding hydrogens is 212 g/mol. The predicted molar refractivity (Wildman–Crippen MR) is 57.5 cm³/mol. The number of benzene rings is 1. The molecule has 64 valence electrons. The minimum Gasteiger partial charge on any atom is -0.102 e. The summed E-state index contributed by atoms with van der Waals surface area (Å²) in [4.78, 5) is 0. The fraction of sp³-hybridized carbons (Fsp3) is 0.273. The molecule has 0 radical (unpaired) electrons. The number of aryl methyl sites for hydroxylation is 1. The van der Waals surface area contributed by atoms with Gasteiger partial charge in [-0.15, -0.1) is 6.58 Å². The van der Waals surface area contributed by atoms with Crippen LogP contribution in [0.5, 0.6) is 0 Å². The molecule has 1 atom stereocenters. The fourth-order valence-corrected chi connectivity index (χ4v) is 1.77. The molecule has 1 heteroatoms. The second kappa shape index (κ2) is 3.90. The monoisotopic (exact) mass is 224 g/mol. The van der Waals surface area contributed by atoms with Crippen LogP contribution in [0, 0.1) is 6.92 Å². The van der Waals surface area contributed by atoms with Crippen molar-refractivity contribution in [3.63, 3.8) is 0 Å². The highest BCUT2D eigenvalue weighted by Crippen LogP contribution is 2.27. The van der Waals surface area contributed by atoms with Crippen molar-refractivity contribution in [3.8, 4) is 0 Å². The molecule has 0 amide bonds. The van der Waals surface area contributed by atoms with Crippen molar-refractivity contribution >= 4 is 15.9 Å². The minimum absolute atomic E-state index is 0.416. The molecule has 0 bridgehead atoms. The largest absolute Gasteiger partial charge is 0.102 e. The molecule has 0 aliphatic rings. The third-order valence-corrected chi connectivity index (χ3v) is 3.15. The normalized spacial score (nSPS) is 12.6. The van der Waals surface area contributed by atoms with Crippen molar-refractivity contribution < 1.29 is 0 Å². The van der Waals surface area contributed by atoms with Crippen LogP contribution in [0.3, 0.4) is 0 Å². The molecule has 0 heterocycles. The van der Waals surface area contributed by atoms with Crippen LogP contribution in [0.25, 0.3) is 0 Å². The van der Waals surface area contributed by atoms with E-state index in [1.54, 1.807) is 0 Å². The van der Waals surface area contributed by atoms with Crippen molar-refractivity contribution in [2.75, 3.05) is 0 Å². The average molecular weight is 225 g/mol. The van der Waals surface area contributed by atoms with E-state index in [9.17, 15) is 0 Å². The molecule has 0 spiro atoms. The van der Waals surface area contributed by atoms with Crippen molar-refractivity contribution in [1.29, 1.82) is 0 Å². The van der Waals surface area contributed by atoms with Gasteiger partial charge in [-0.2, -0.15) is 0 Å². The van der Waals surface area contributed by atoms with Gasteiger partial charge < -0.3 is 0 Å². The van der Waals surface area contributed by atoms with Gasteiger partial charge in [0.1, 0.15) is 0 Å². The fourth-order valence-electron chi connectivity index (χ4n) is 1.15. The van der Waals surface area contributed by atoms with E-state index in [-0.39, 0.29) is 0 Å². The highest BCUT2D eigenvalue weighted by atomic mass is 79.9. The Hall–Kier alpha value is -0.560. The van der Waals surface area contributed by atoms with Crippen LogP contribution in [-0.2, 0) is 0 Å². The second-order valence-electron chi connectivity index (χ2n) is 3.00. The predicted octanol–water partition coefficient (Wildman–Crippen LogP) is 4.05. The molecule has 0 N–H and O–H groups in total. The molecule has 1 rings (SSSR count). The molecular formula is C11H13Br. The van der Waals surface area contributed by atoms with Crippen LogP contribution in [-0.4, -0.2) is 0 Å². The summed E-state index contributed by atoms with van der Waals surface area (Å²) in [5.74, 6) is 0.416. The Morgan fingerprint density at radius 3 is 2.75 bits per heavy atom. The van der Waals surface area contributed by atoms with Gasteiger partial charge in [0.05, 0.1) is 0 Å². The summed E-state index contributed by atoms with van der Waals surface area (Å²) < 4.78 is 1.21. The maximum atomic E-state index is 3.79. The van der Waals surface area contributed by atoms with Crippen molar-refractivity contribution in [1.82, 2.24) is 0 Å². The van der Waals surface area contributed by atoms with Gasteiger partial charge in [0.15, 0.2) is 0 Å². The van der Waals surface area contributed by atoms with Crippen LogP contribution in [0.15, 0.2) is 35.3 Å². The van der Waals surface area contributed by atoms with Crippen LogP contribution in [0.1, 0.15) is 24.0 Å². The SMILES string of the molecule is C=CC(C)c1cccc(C)c1Br. The molecule has 0 fully saturated rings. The summed E-state index contributed by atoms with van der Waals surface area (Å²) in [6.07, 6.45) is 1.96. The third-order valence-electron chi connectivity index (χ3n) is 2.07. The standard InChI is InChI=1S/C11H13Br/c1-4-8(2)10-7-5-6-9(3)11(10)12/h4-8H,1H2,2-3H3. The molecule has 0 saturated heterocycles. The first kappa shape index (κ1) is 9.53. The summed E-state index contributed by atoms with van der Waals surface area (Å²) in [5, 5.41) is 0. The van der Waals surface area contributed by atoms with Gasteiger partial charge in [0, 0.05) is 4.47 Å². The van der Waals surface area contributed by atoms with Crippen LogP contribution in [0.2, 0.25) is 0 Å². The first-order chi connectivity index (χ1) is 5.66. The number of allylic oxidation sites excluding steroid dienone is 1. The van der Waals surface area contributed by atoms with E-state index in [1.807, 2.05) is 6.08 Å². The molecule has 1 unspecified atom stereocenters. The van der Waals surface area contributed by atoms with Gasteiger partial charge in [-0.1, -0.05) is 47.1 Å². The summed E-state index contributed by atoms with van der Waals surface area (Å²) in [6.45, 7) is 8.03. The number of halogens is 1. The van der Waals surface area contributed by atoms with Crippen molar-refractivity contribution in [2.45, 2.75) is 19.8 Å². The van der Waals surface area contributed by atoms with Gasteiger partial charge in [-0.05, 0) is 24.0 Å². The molecule has 1 aromatic carbocycles. The molecule has 0 aliphatic heterocycles. The maximum absolute atomic E-state index is 3.79. The molecule has 0 aliphatic carbocycles. The van der Waals surface area contributed by atoms with E-state index in [0.717, 1.165) is 0 Å². The number of hydrogen-bond donors (Lipinski definition) is 0. The lowest BCUT2D eigenvalue weighted by Crippen LogP contribution is -1.91. The van der Waals surface area contributed by atoms with E-state index in [4.69, 9.17) is 0 Å². The highest BCUT2D eigenvalue weighted by molar-refractivity contribution is 9.10. The summed E-state index contributed by atoms with van der Waals surface area (Å²) >= 11 is 3.57. The van der Waals surface area contributed by atoms with Gasteiger partial charge in [-0.25, -0.2) is 0 Å². The van der Waals surface area contributed by atoms with Gasteiger partial charge >= 0.3 is 0 Å². The second-order valence-corrected chi connectivity index (χ2v) is 3.80. The van der Waals surface area contributed by atoms with Gasteiger partial charge in [-0.3, -0.25) is 0 Å². The lowest BCUT2D eigenvalue weighted by atomic mass is 10.00. The van der Waals surface area contributed by atoms with Crippen molar-refractivity contribution in [2.24, 2.45) is 0 Å². The van der Waals surface area contributed by atoms with Crippen molar-refractivity contribution in [3.05, 3.63) is 46.5 Å². The van der Waals surface area contributed by atoms with E-state index in [2.05, 4.69) is 54.6 Å². The molecule has 12 heavy (non-hydrogen) atoms. The quantitative estimate of drug-likeness (QED) is 0.666. The Morgan fingerprint density at radius 2 is 2.17 bits per heavy atom. The summed E-state index contributed by atoms with van der Waals surface area (Å²) in [5.41, 5.74) is 2.59. The Kier molecular flexibility index (Phi) is 3.10. The Balaban J connectivity index is 3.15. The first-order valence-corrected chi connectivity index (χ1v) is 4.83. The number of hydrogen-bond acceptors (Lipinski definition) is 0. The topological polar surface area (TPSA) is 0 Å². The Bertz CT molecular complexity index is 289. The first-order valence-electron chi connectivity index (χ1n) is 4.04. The summed E-state index contributed by atoms with van der Waals surface area (Å²) in [6, 6.07) is 6.31.